The first kappa shape index (κ1) is 18.3. The standard InChI is InChI=1S/C22H24N2O4/c1-15-6-3-4-13-24(15)20-12-9-16-7-5-8-18(21(16)23-20)27-14-17-10-11-19(28-17)22(25)26-2/h5,7-12,15H,3-4,6,13-14H2,1-2H3. The van der Waals surface area contributed by atoms with Crippen LogP contribution in [0.25, 0.3) is 10.9 Å². The third kappa shape index (κ3) is 3.67. The number of rotatable bonds is 5. The SMILES string of the molecule is COC(=O)c1ccc(COc2cccc3ccc(N4CCCCC4C)nc23)o1. The van der Waals surface area contributed by atoms with Crippen LogP contribution in [-0.4, -0.2) is 30.6 Å². The molecule has 3 aromatic rings. The van der Waals surface area contributed by atoms with Gasteiger partial charge in [-0.1, -0.05) is 12.1 Å². The van der Waals surface area contributed by atoms with E-state index in [0.717, 1.165) is 23.3 Å². The van der Waals surface area contributed by atoms with Crippen LogP contribution in [0.2, 0.25) is 0 Å². The number of carbonyl (C=O) groups excluding carboxylic acids is 1. The number of hydrogen-bond donors (Lipinski definition) is 0. The average Bonchev–Trinajstić information content (AvgIpc) is 3.21. The second-order valence-corrected chi connectivity index (χ2v) is 7.08. The molecule has 0 radical (unpaired) electrons. The normalized spacial score (nSPS) is 16.9. The van der Waals surface area contributed by atoms with Gasteiger partial charge in [0.25, 0.3) is 0 Å². The Morgan fingerprint density at radius 3 is 2.93 bits per heavy atom. The quantitative estimate of drug-likeness (QED) is 0.604. The molecule has 1 aliphatic rings. The number of pyridine rings is 1. The second kappa shape index (κ2) is 7.92. The van der Waals surface area contributed by atoms with Gasteiger partial charge in [-0.25, -0.2) is 9.78 Å². The number of nitrogens with zero attached hydrogens (tertiary/aromatic N) is 2. The Balaban J connectivity index is 1.57. The summed E-state index contributed by atoms with van der Waals surface area (Å²) in [5.74, 6) is 1.90. The van der Waals surface area contributed by atoms with Gasteiger partial charge in [0.1, 0.15) is 29.5 Å². The fourth-order valence-electron chi connectivity index (χ4n) is 3.64. The van der Waals surface area contributed by atoms with Gasteiger partial charge in [0, 0.05) is 18.0 Å². The van der Waals surface area contributed by atoms with E-state index in [-0.39, 0.29) is 12.4 Å². The van der Waals surface area contributed by atoms with Crippen LogP contribution >= 0.6 is 0 Å². The van der Waals surface area contributed by atoms with Crippen molar-refractivity contribution >= 4 is 22.7 Å². The van der Waals surface area contributed by atoms with Gasteiger partial charge in [-0.15, -0.1) is 0 Å². The minimum absolute atomic E-state index is 0.165. The zero-order chi connectivity index (χ0) is 19.5. The predicted octanol–water partition coefficient (Wildman–Crippen LogP) is 4.57. The number of methoxy groups -OCH3 is 1. The van der Waals surface area contributed by atoms with Crippen LogP contribution in [0.1, 0.15) is 42.5 Å². The smallest absolute Gasteiger partial charge is 0.373 e. The molecule has 6 heteroatoms. The van der Waals surface area contributed by atoms with Crippen molar-refractivity contribution in [1.82, 2.24) is 4.98 Å². The molecule has 1 aromatic carbocycles. The molecule has 0 spiro atoms. The van der Waals surface area contributed by atoms with E-state index >= 15 is 0 Å². The summed E-state index contributed by atoms with van der Waals surface area (Å²) >= 11 is 0. The van der Waals surface area contributed by atoms with Crippen LogP contribution in [0.15, 0.2) is 46.9 Å². The maximum Gasteiger partial charge on any atom is 0.373 e. The van der Waals surface area contributed by atoms with Gasteiger partial charge in [0.05, 0.1) is 7.11 Å². The molecule has 28 heavy (non-hydrogen) atoms. The number of aromatic nitrogens is 1. The molecular weight excluding hydrogens is 356 g/mol. The average molecular weight is 380 g/mol. The summed E-state index contributed by atoms with van der Waals surface area (Å²) in [5, 5.41) is 1.03. The van der Waals surface area contributed by atoms with E-state index in [0.29, 0.717) is 17.6 Å². The molecule has 1 saturated heterocycles. The number of furan rings is 1. The molecular formula is C22H24N2O4. The van der Waals surface area contributed by atoms with Gasteiger partial charge in [0.2, 0.25) is 5.76 Å². The van der Waals surface area contributed by atoms with E-state index in [2.05, 4.69) is 28.7 Å². The lowest BCUT2D eigenvalue weighted by molar-refractivity contribution is 0.0561. The fraction of sp³-hybridized carbons (Fsp3) is 0.364. The summed E-state index contributed by atoms with van der Waals surface area (Å²) in [6, 6.07) is 13.9. The Kier molecular flexibility index (Phi) is 5.19. The molecule has 0 saturated carbocycles. The first-order valence-electron chi connectivity index (χ1n) is 9.62. The molecule has 0 aliphatic carbocycles. The van der Waals surface area contributed by atoms with Crippen LogP contribution in [0.4, 0.5) is 5.82 Å². The lowest BCUT2D eigenvalue weighted by Crippen LogP contribution is -2.37. The number of piperidine rings is 1. The van der Waals surface area contributed by atoms with Crippen molar-refractivity contribution < 1.29 is 18.7 Å². The van der Waals surface area contributed by atoms with Crippen molar-refractivity contribution in [2.75, 3.05) is 18.6 Å². The molecule has 1 aliphatic heterocycles. The summed E-state index contributed by atoms with van der Waals surface area (Å²) in [6.07, 6.45) is 3.67. The maximum atomic E-state index is 11.5. The van der Waals surface area contributed by atoms with Crippen LogP contribution in [0, 0.1) is 0 Å². The van der Waals surface area contributed by atoms with Crippen LogP contribution < -0.4 is 9.64 Å². The molecule has 6 nitrogen and oxygen atoms in total. The first-order chi connectivity index (χ1) is 13.7. The van der Waals surface area contributed by atoms with Gasteiger partial charge in [-0.3, -0.25) is 0 Å². The van der Waals surface area contributed by atoms with E-state index in [9.17, 15) is 4.79 Å². The first-order valence-corrected chi connectivity index (χ1v) is 9.62. The zero-order valence-corrected chi connectivity index (χ0v) is 16.2. The minimum atomic E-state index is -0.502. The minimum Gasteiger partial charge on any atom is -0.483 e. The lowest BCUT2D eigenvalue weighted by Gasteiger charge is -2.34. The summed E-state index contributed by atoms with van der Waals surface area (Å²) in [7, 11) is 1.32. The highest BCUT2D eigenvalue weighted by atomic mass is 16.5. The van der Waals surface area contributed by atoms with E-state index in [1.165, 1.54) is 26.4 Å². The Morgan fingerprint density at radius 2 is 2.11 bits per heavy atom. The van der Waals surface area contributed by atoms with Gasteiger partial charge in [-0.2, -0.15) is 0 Å². The second-order valence-electron chi connectivity index (χ2n) is 7.08. The van der Waals surface area contributed by atoms with Gasteiger partial charge < -0.3 is 18.8 Å². The van der Waals surface area contributed by atoms with Crippen LogP contribution in [0.3, 0.4) is 0 Å². The molecule has 1 atom stereocenters. The van der Waals surface area contributed by atoms with Crippen molar-refractivity contribution in [3.05, 3.63) is 54.0 Å². The van der Waals surface area contributed by atoms with Crippen molar-refractivity contribution in [2.24, 2.45) is 0 Å². The Morgan fingerprint density at radius 1 is 1.21 bits per heavy atom. The number of fused-ring (bicyclic) bond motifs is 1. The topological polar surface area (TPSA) is 64.8 Å². The van der Waals surface area contributed by atoms with E-state index in [1.54, 1.807) is 12.1 Å². The van der Waals surface area contributed by atoms with Crippen molar-refractivity contribution in [1.29, 1.82) is 0 Å². The zero-order valence-electron chi connectivity index (χ0n) is 16.2. The third-order valence-electron chi connectivity index (χ3n) is 5.18. The highest BCUT2D eigenvalue weighted by Crippen LogP contribution is 2.30. The number of para-hydroxylation sites is 1. The number of ether oxygens (including phenoxy) is 2. The van der Waals surface area contributed by atoms with Gasteiger partial charge in [-0.05, 0) is 56.5 Å². The van der Waals surface area contributed by atoms with E-state index in [1.807, 2.05) is 18.2 Å². The van der Waals surface area contributed by atoms with E-state index in [4.69, 9.17) is 14.1 Å². The molecule has 0 N–H and O–H groups in total. The Bertz CT molecular complexity index is 982. The lowest BCUT2D eigenvalue weighted by atomic mass is 10.0. The highest BCUT2D eigenvalue weighted by Gasteiger charge is 2.20. The number of benzene rings is 1. The molecule has 4 rings (SSSR count). The Hall–Kier alpha value is -3.02. The highest BCUT2D eigenvalue weighted by molar-refractivity contribution is 5.86. The Labute approximate surface area is 164 Å². The summed E-state index contributed by atoms with van der Waals surface area (Å²) in [4.78, 5) is 18.8. The summed E-state index contributed by atoms with van der Waals surface area (Å²) in [6.45, 7) is 3.50. The van der Waals surface area contributed by atoms with Crippen molar-refractivity contribution in [2.45, 2.75) is 38.8 Å². The number of carbonyl (C=O) groups is 1. The predicted molar refractivity (Wildman–Crippen MR) is 107 cm³/mol. The molecule has 1 unspecified atom stereocenters. The summed E-state index contributed by atoms with van der Waals surface area (Å²) in [5.41, 5.74) is 0.831. The molecule has 1 fully saturated rings. The van der Waals surface area contributed by atoms with Crippen LogP contribution in [0.5, 0.6) is 5.75 Å². The molecule has 3 heterocycles. The molecule has 0 amide bonds. The summed E-state index contributed by atoms with van der Waals surface area (Å²) < 4.78 is 16.1. The van der Waals surface area contributed by atoms with Gasteiger partial charge in [0.15, 0.2) is 0 Å². The molecule has 2 aromatic heterocycles. The fourth-order valence-corrected chi connectivity index (χ4v) is 3.64. The van der Waals surface area contributed by atoms with Gasteiger partial charge >= 0.3 is 5.97 Å². The molecule has 0 bridgehead atoms. The number of hydrogen-bond acceptors (Lipinski definition) is 6. The number of anilines is 1. The van der Waals surface area contributed by atoms with Crippen molar-refractivity contribution in [3.63, 3.8) is 0 Å². The largest absolute Gasteiger partial charge is 0.483 e. The van der Waals surface area contributed by atoms with Crippen molar-refractivity contribution in [3.8, 4) is 5.75 Å². The third-order valence-corrected chi connectivity index (χ3v) is 5.18. The van der Waals surface area contributed by atoms with Crippen LogP contribution in [-0.2, 0) is 11.3 Å². The van der Waals surface area contributed by atoms with E-state index < -0.39 is 5.97 Å². The molecule has 146 valence electrons. The maximum absolute atomic E-state index is 11.5. The number of esters is 1. The monoisotopic (exact) mass is 380 g/mol.